The summed E-state index contributed by atoms with van der Waals surface area (Å²) in [6, 6.07) is 2.99. The predicted molar refractivity (Wildman–Crippen MR) is 68.0 cm³/mol. The summed E-state index contributed by atoms with van der Waals surface area (Å²) in [5, 5.41) is 0. The monoisotopic (exact) mass is 270 g/mol. The Morgan fingerprint density at radius 3 is 2.44 bits per heavy atom. The summed E-state index contributed by atoms with van der Waals surface area (Å²) in [6.45, 7) is 0.642. The first kappa shape index (κ1) is 12.6. The molecule has 0 atom stereocenters. The summed E-state index contributed by atoms with van der Waals surface area (Å²) in [4.78, 5) is 16.9. The second kappa shape index (κ2) is 4.45. The number of nitrogens with zero attached hydrogens (tertiary/aromatic N) is 2. The molecule has 1 aliphatic heterocycles. The minimum absolute atomic E-state index is 0.0644. The number of nitrogens with two attached hydrogens (primary N) is 2. The van der Waals surface area contributed by atoms with Gasteiger partial charge in [0.15, 0.2) is 15.7 Å². The number of sulfone groups is 1. The SMILES string of the molecule is NC(=O)c1ccc(N)c(N2CCS(=O)(=O)CC2)n1. The lowest BCUT2D eigenvalue weighted by molar-refractivity contribution is 0.0995. The van der Waals surface area contributed by atoms with Crippen LogP contribution in [0.25, 0.3) is 0 Å². The number of aromatic nitrogens is 1. The van der Waals surface area contributed by atoms with Gasteiger partial charge in [-0.25, -0.2) is 13.4 Å². The van der Waals surface area contributed by atoms with Crippen molar-refractivity contribution in [3.63, 3.8) is 0 Å². The van der Waals surface area contributed by atoms with Gasteiger partial charge in [-0.15, -0.1) is 0 Å². The van der Waals surface area contributed by atoms with Gasteiger partial charge in [0.05, 0.1) is 17.2 Å². The van der Waals surface area contributed by atoms with Gasteiger partial charge in [-0.1, -0.05) is 0 Å². The van der Waals surface area contributed by atoms with Crippen LogP contribution in [-0.4, -0.2) is 43.9 Å². The zero-order valence-electron chi connectivity index (χ0n) is 9.67. The summed E-state index contributed by atoms with van der Waals surface area (Å²) in [7, 11) is -2.96. The molecule has 1 aromatic heterocycles. The second-order valence-electron chi connectivity index (χ2n) is 4.11. The van der Waals surface area contributed by atoms with Gasteiger partial charge < -0.3 is 16.4 Å². The van der Waals surface area contributed by atoms with Gasteiger partial charge in [0.1, 0.15) is 5.69 Å². The third kappa shape index (κ3) is 2.53. The van der Waals surface area contributed by atoms with E-state index in [0.717, 1.165) is 0 Å². The highest BCUT2D eigenvalue weighted by molar-refractivity contribution is 7.91. The van der Waals surface area contributed by atoms with Gasteiger partial charge in [-0.2, -0.15) is 0 Å². The van der Waals surface area contributed by atoms with Gasteiger partial charge in [-0.05, 0) is 12.1 Å². The Kier molecular flexibility index (Phi) is 3.12. The minimum Gasteiger partial charge on any atom is -0.396 e. The van der Waals surface area contributed by atoms with E-state index in [0.29, 0.717) is 24.6 Å². The lowest BCUT2D eigenvalue weighted by atomic mass is 10.3. The molecule has 4 N–H and O–H groups in total. The Bertz CT molecular complexity index is 571. The molecular weight excluding hydrogens is 256 g/mol. The van der Waals surface area contributed by atoms with Gasteiger partial charge in [0, 0.05) is 13.1 Å². The first-order valence-corrected chi connectivity index (χ1v) is 7.23. The van der Waals surface area contributed by atoms with Crippen molar-refractivity contribution in [1.29, 1.82) is 0 Å². The smallest absolute Gasteiger partial charge is 0.267 e. The molecule has 0 aliphatic carbocycles. The Morgan fingerprint density at radius 1 is 1.28 bits per heavy atom. The average Bonchev–Trinajstić information content (AvgIpc) is 2.30. The van der Waals surface area contributed by atoms with Gasteiger partial charge >= 0.3 is 0 Å². The standard InChI is InChI=1S/C10H14N4O3S/c11-7-1-2-8(9(12)15)13-10(7)14-3-5-18(16,17)6-4-14/h1-2H,3-6,11H2,(H2,12,15). The number of carbonyl (C=O) groups is 1. The van der Waals surface area contributed by atoms with Crippen LogP contribution in [0.2, 0.25) is 0 Å². The third-order valence-electron chi connectivity index (χ3n) is 2.80. The number of primary amides is 1. The van der Waals surface area contributed by atoms with Gasteiger partial charge in [0.2, 0.25) is 0 Å². The molecule has 0 saturated carbocycles. The van der Waals surface area contributed by atoms with Crippen molar-refractivity contribution in [3.8, 4) is 0 Å². The van der Waals surface area contributed by atoms with E-state index in [9.17, 15) is 13.2 Å². The highest BCUT2D eigenvalue weighted by atomic mass is 32.2. The highest BCUT2D eigenvalue weighted by Gasteiger charge is 2.24. The second-order valence-corrected chi connectivity index (χ2v) is 6.42. The number of pyridine rings is 1. The molecule has 0 aromatic carbocycles. The van der Waals surface area contributed by atoms with Crippen molar-refractivity contribution >= 4 is 27.2 Å². The van der Waals surface area contributed by atoms with E-state index in [1.54, 1.807) is 11.0 Å². The molecule has 1 aliphatic rings. The van der Waals surface area contributed by atoms with Crippen molar-refractivity contribution in [2.45, 2.75) is 0 Å². The molecule has 1 amide bonds. The molecule has 0 radical (unpaired) electrons. The van der Waals surface area contributed by atoms with E-state index in [4.69, 9.17) is 11.5 Å². The molecule has 2 heterocycles. The Morgan fingerprint density at radius 2 is 1.89 bits per heavy atom. The molecule has 2 rings (SSSR count). The van der Waals surface area contributed by atoms with Gasteiger partial charge in [0.25, 0.3) is 5.91 Å². The van der Waals surface area contributed by atoms with Crippen LogP contribution in [0.5, 0.6) is 0 Å². The van der Waals surface area contributed by atoms with E-state index in [-0.39, 0.29) is 17.2 Å². The fourth-order valence-corrected chi connectivity index (χ4v) is 2.98. The number of hydrogen-bond acceptors (Lipinski definition) is 6. The summed E-state index contributed by atoms with van der Waals surface area (Å²) in [5.41, 5.74) is 11.5. The molecule has 98 valence electrons. The van der Waals surface area contributed by atoms with E-state index >= 15 is 0 Å². The van der Waals surface area contributed by atoms with Crippen molar-refractivity contribution in [2.75, 3.05) is 35.2 Å². The van der Waals surface area contributed by atoms with Crippen LogP contribution in [-0.2, 0) is 9.84 Å². The summed E-state index contributed by atoms with van der Waals surface area (Å²) < 4.78 is 22.7. The lowest BCUT2D eigenvalue weighted by Gasteiger charge is -2.28. The number of amides is 1. The minimum atomic E-state index is -2.96. The van der Waals surface area contributed by atoms with E-state index in [1.165, 1.54) is 6.07 Å². The number of hydrogen-bond donors (Lipinski definition) is 2. The van der Waals surface area contributed by atoms with Crippen LogP contribution in [0.3, 0.4) is 0 Å². The fraction of sp³-hybridized carbons (Fsp3) is 0.400. The van der Waals surface area contributed by atoms with Gasteiger partial charge in [-0.3, -0.25) is 4.79 Å². The molecule has 1 saturated heterocycles. The molecule has 18 heavy (non-hydrogen) atoms. The van der Waals surface area contributed by atoms with Crippen LogP contribution >= 0.6 is 0 Å². The first-order valence-electron chi connectivity index (χ1n) is 5.41. The molecule has 0 unspecified atom stereocenters. The maximum absolute atomic E-state index is 11.3. The molecule has 0 bridgehead atoms. The van der Waals surface area contributed by atoms with Crippen LogP contribution in [0.15, 0.2) is 12.1 Å². The Hall–Kier alpha value is -1.83. The zero-order valence-corrected chi connectivity index (χ0v) is 10.5. The first-order chi connectivity index (χ1) is 8.39. The summed E-state index contributed by atoms with van der Waals surface area (Å²) in [5.74, 6) is -0.0915. The molecular formula is C10H14N4O3S. The van der Waals surface area contributed by atoms with Crippen molar-refractivity contribution in [1.82, 2.24) is 4.98 Å². The van der Waals surface area contributed by atoms with Crippen molar-refractivity contribution in [3.05, 3.63) is 17.8 Å². The number of anilines is 2. The normalized spacial score (nSPS) is 18.6. The Labute approximate surface area is 105 Å². The zero-order chi connectivity index (χ0) is 13.3. The molecule has 8 heteroatoms. The van der Waals surface area contributed by atoms with E-state index in [1.807, 2.05) is 0 Å². The molecule has 1 fully saturated rings. The van der Waals surface area contributed by atoms with Crippen LogP contribution in [0, 0.1) is 0 Å². The summed E-state index contributed by atoms with van der Waals surface area (Å²) >= 11 is 0. The van der Waals surface area contributed by atoms with Crippen LogP contribution in [0.4, 0.5) is 11.5 Å². The van der Waals surface area contributed by atoms with Crippen LogP contribution < -0.4 is 16.4 Å². The predicted octanol–water partition coefficient (Wildman–Crippen LogP) is -1.00. The topological polar surface area (TPSA) is 119 Å². The summed E-state index contributed by atoms with van der Waals surface area (Å²) in [6.07, 6.45) is 0. The van der Waals surface area contributed by atoms with E-state index < -0.39 is 15.7 Å². The quantitative estimate of drug-likeness (QED) is 0.711. The number of nitrogen functional groups attached to an aromatic ring is 1. The third-order valence-corrected chi connectivity index (χ3v) is 4.41. The maximum atomic E-state index is 11.3. The molecule has 1 aromatic rings. The lowest BCUT2D eigenvalue weighted by Crippen LogP contribution is -2.41. The van der Waals surface area contributed by atoms with Crippen LogP contribution in [0.1, 0.15) is 10.5 Å². The van der Waals surface area contributed by atoms with Crippen molar-refractivity contribution in [2.24, 2.45) is 5.73 Å². The van der Waals surface area contributed by atoms with E-state index in [2.05, 4.69) is 4.98 Å². The molecule has 7 nitrogen and oxygen atoms in total. The largest absolute Gasteiger partial charge is 0.396 e. The number of rotatable bonds is 2. The Balaban J connectivity index is 2.28. The molecule has 0 spiro atoms. The maximum Gasteiger partial charge on any atom is 0.267 e. The average molecular weight is 270 g/mol. The highest BCUT2D eigenvalue weighted by Crippen LogP contribution is 2.22. The fourth-order valence-electron chi connectivity index (χ4n) is 1.77. The van der Waals surface area contributed by atoms with Crippen molar-refractivity contribution < 1.29 is 13.2 Å². The number of carbonyl (C=O) groups excluding carboxylic acids is 1.